The van der Waals surface area contributed by atoms with Gasteiger partial charge in [0.25, 0.3) is 0 Å². The number of carbonyl (C=O) groups is 4. The van der Waals surface area contributed by atoms with Crippen molar-refractivity contribution >= 4 is 23.7 Å². The molecule has 3 amide bonds. The molecule has 0 radical (unpaired) electrons. The standard InChI is InChI=1S/C9H16N4O5/c10-4(3-7(12)15)8(16)13-5(9(17)18)1-2-6(11)14/h4-5H,1-3,10H2,(H2,11,14)(H2,12,15)(H,13,16)(H,17,18). The maximum atomic E-state index is 11.4. The molecule has 2 unspecified atom stereocenters. The van der Waals surface area contributed by atoms with Crippen LogP contribution in [0.2, 0.25) is 0 Å². The molecule has 0 aromatic heterocycles. The van der Waals surface area contributed by atoms with Crippen LogP contribution in [-0.2, 0) is 19.2 Å². The summed E-state index contributed by atoms with van der Waals surface area (Å²) in [4.78, 5) is 43.3. The van der Waals surface area contributed by atoms with Crippen molar-refractivity contribution in [3.63, 3.8) is 0 Å². The van der Waals surface area contributed by atoms with Crippen LogP contribution in [0.4, 0.5) is 0 Å². The zero-order valence-electron chi connectivity index (χ0n) is 9.59. The summed E-state index contributed by atoms with van der Waals surface area (Å²) in [5.41, 5.74) is 15.0. The summed E-state index contributed by atoms with van der Waals surface area (Å²) in [5.74, 6) is -3.61. The zero-order valence-corrected chi connectivity index (χ0v) is 9.59. The molecule has 0 saturated heterocycles. The molecule has 0 aromatic carbocycles. The van der Waals surface area contributed by atoms with Crippen molar-refractivity contribution in [3.8, 4) is 0 Å². The third-order valence-electron chi connectivity index (χ3n) is 2.05. The number of aliphatic carboxylic acids is 1. The van der Waals surface area contributed by atoms with Gasteiger partial charge in [0.1, 0.15) is 6.04 Å². The molecule has 0 rings (SSSR count). The average molecular weight is 260 g/mol. The molecule has 0 aromatic rings. The van der Waals surface area contributed by atoms with Crippen molar-refractivity contribution in [3.05, 3.63) is 0 Å². The number of hydrogen-bond acceptors (Lipinski definition) is 5. The summed E-state index contributed by atoms with van der Waals surface area (Å²) in [5, 5.41) is 10.9. The van der Waals surface area contributed by atoms with Gasteiger partial charge in [-0.25, -0.2) is 4.79 Å². The fraction of sp³-hybridized carbons (Fsp3) is 0.556. The van der Waals surface area contributed by atoms with Crippen molar-refractivity contribution in [1.82, 2.24) is 5.32 Å². The highest BCUT2D eigenvalue weighted by molar-refractivity contribution is 5.90. The molecule has 18 heavy (non-hydrogen) atoms. The highest BCUT2D eigenvalue weighted by atomic mass is 16.4. The Labute approximate surface area is 103 Å². The minimum Gasteiger partial charge on any atom is -0.480 e. The molecule has 0 spiro atoms. The number of rotatable bonds is 8. The third-order valence-corrected chi connectivity index (χ3v) is 2.05. The number of primary amides is 2. The van der Waals surface area contributed by atoms with E-state index in [0.717, 1.165) is 0 Å². The maximum Gasteiger partial charge on any atom is 0.326 e. The lowest BCUT2D eigenvalue weighted by Gasteiger charge is -2.16. The first-order valence-electron chi connectivity index (χ1n) is 5.09. The van der Waals surface area contributed by atoms with Crippen molar-refractivity contribution in [2.24, 2.45) is 17.2 Å². The van der Waals surface area contributed by atoms with E-state index in [4.69, 9.17) is 22.3 Å². The molecule has 2 atom stereocenters. The molecule has 9 nitrogen and oxygen atoms in total. The summed E-state index contributed by atoms with van der Waals surface area (Å²) >= 11 is 0. The number of carbonyl (C=O) groups excluding carboxylic acids is 3. The number of amides is 3. The van der Waals surface area contributed by atoms with Gasteiger partial charge in [0.15, 0.2) is 0 Å². The second-order valence-electron chi connectivity index (χ2n) is 3.68. The van der Waals surface area contributed by atoms with Gasteiger partial charge in [0.2, 0.25) is 17.7 Å². The summed E-state index contributed by atoms with van der Waals surface area (Å²) in [7, 11) is 0. The van der Waals surface area contributed by atoms with Crippen LogP contribution in [0.5, 0.6) is 0 Å². The van der Waals surface area contributed by atoms with Gasteiger partial charge in [-0.2, -0.15) is 0 Å². The quantitative estimate of drug-likeness (QED) is 0.310. The van der Waals surface area contributed by atoms with E-state index in [-0.39, 0.29) is 12.8 Å². The number of carboxylic acid groups (broad SMARTS) is 1. The Balaban J connectivity index is 4.40. The van der Waals surface area contributed by atoms with Crippen molar-refractivity contribution < 1.29 is 24.3 Å². The SMILES string of the molecule is NC(=O)CCC(NC(=O)C(N)CC(N)=O)C(=O)O. The van der Waals surface area contributed by atoms with E-state index in [1.807, 2.05) is 0 Å². The molecule has 0 aliphatic heterocycles. The first kappa shape index (κ1) is 15.8. The van der Waals surface area contributed by atoms with Crippen molar-refractivity contribution in [2.75, 3.05) is 0 Å². The van der Waals surface area contributed by atoms with E-state index in [9.17, 15) is 19.2 Å². The fourth-order valence-electron chi connectivity index (χ4n) is 1.13. The van der Waals surface area contributed by atoms with Crippen molar-refractivity contribution in [1.29, 1.82) is 0 Å². The Morgan fingerprint density at radius 3 is 2.06 bits per heavy atom. The second-order valence-corrected chi connectivity index (χ2v) is 3.68. The lowest BCUT2D eigenvalue weighted by atomic mass is 10.1. The van der Waals surface area contributed by atoms with Crippen LogP contribution in [0.25, 0.3) is 0 Å². The maximum absolute atomic E-state index is 11.4. The molecule has 0 aliphatic carbocycles. The molecule has 0 saturated carbocycles. The summed E-state index contributed by atoms with van der Waals surface area (Å²) in [6.07, 6.45) is -0.740. The Kier molecular flexibility index (Phi) is 6.35. The van der Waals surface area contributed by atoms with Gasteiger partial charge in [0, 0.05) is 6.42 Å². The molecule has 8 N–H and O–H groups in total. The summed E-state index contributed by atoms with van der Waals surface area (Å²) in [6, 6.07) is -2.51. The van der Waals surface area contributed by atoms with Crippen LogP contribution in [0.15, 0.2) is 0 Å². The molecule has 9 heteroatoms. The predicted octanol–water partition coefficient (Wildman–Crippen LogP) is -2.98. The van der Waals surface area contributed by atoms with Crippen LogP contribution in [-0.4, -0.2) is 40.9 Å². The molecular formula is C9H16N4O5. The minimum atomic E-state index is -1.32. The van der Waals surface area contributed by atoms with E-state index < -0.39 is 42.2 Å². The van der Waals surface area contributed by atoms with Gasteiger partial charge in [-0.15, -0.1) is 0 Å². The van der Waals surface area contributed by atoms with Gasteiger partial charge < -0.3 is 27.6 Å². The Hall–Kier alpha value is -2.16. The number of nitrogens with two attached hydrogens (primary N) is 3. The van der Waals surface area contributed by atoms with Gasteiger partial charge in [-0.05, 0) is 6.42 Å². The van der Waals surface area contributed by atoms with Crippen LogP contribution in [0.1, 0.15) is 19.3 Å². The lowest BCUT2D eigenvalue weighted by molar-refractivity contribution is -0.142. The van der Waals surface area contributed by atoms with E-state index in [2.05, 4.69) is 5.32 Å². The van der Waals surface area contributed by atoms with E-state index >= 15 is 0 Å². The van der Waals surface area contributed by atoms with Gasteiger partial charge in [-0.1, -0.05) is 0 Å². The fourth-order valence-corrected chi connectivity index (χ4v) is 1.13. The van der Waals surface area contributed by atoms with Gasteiger partial charge >= 0.3 is 5.97 Å². The van der Waals surface area contributed by atoms with Crippen LogP contribution in [0, 0.1) is 0 Å². The normalized spacial score (nSPS) is 13.4. The Morgan fingerprint density at radius 1 is 1.11 bits per heavy atom. The third kappa shape index (κ3) is 6.43. The number of hydrogen-bond donors (Lipinski definition) is 5. The first-order valence-corrected chi connectivity index (χ1v) is 5.09. The van der Waals surface area contributed by atoms with Crippen molar-refractivity contribution in [2.45, 2.75) is 31.3 Å². The smallest absolute Gasteiger partial charge is 0.326 e. The zero-order chi connectivity index (χ0) is 14.3. The first-order chi connectivity index (χ1) is 8.23. The molecule has 0 aliphatic rings. The van der Waals surface area contributed by atoms with E-state index in [1.165, 1.54) is 0 Å². The van der Waals surface area contributed by atoms with Crippen LogP contribution in [0.3, 0.4) is 0 Å². The molecule has 0 heterocycles. The Bertz CT molecular complexity index is 357. The minimum absolute atomic E-state index is 0.153. The van der Waals surface area contributed by atoms with Crippen LogP contribution < -0.4 is 22.5 Å². The molecule has 0 fully saturated rings. The largest absolute Gasteiger partial charge is 0.480 e. The van der Waals surface area contributed by atoms with Gasteiger partial charge in [0.05, 0.1) is 12.5 Å². The molecule has 102 valence electrons. The monoisotopic (exact) mass is 260 g/mol. The number of carboxylic acids is 1. The van der Waals surface area contributed by atoms with Crippen LogP contribution >= 0.6 is 0 Å². The number of nitrogens with one attached hydrogen (secondary N) is 1. The molecule has 0 bridgehead atoms. The second kappa shape index (κ2) is 7.22. The Morgan fingerprint density at radius 2 is 1.67 bits per heavy atom. The van der Waals surface area contributed by atoms with E-state index in [1.54, 1.807) is 0 Å². The topological polar surface area (TPSA) is 179 Å². The van der Waals surface area contributed by atoms with E-state index in [0.29, 0.717) is 0 Å². The summed E-state index contributed by atoms with van der Waals surface area (Å²) < 4.78 is 0. The lowest BCUT2D eigenvalue weighted by Crippen LogP contribution is -2.49. The predicted molar refractivity (Wildman–Crippen MR) is 59.8 cm³/mol. The summed E-state index contributed by atoms with van der Waals surface area (Å²) in [6.45, 7) is 0. The highest BCUT2D eigenvalue weighted by Crippen LogP contribution is 1.99. The highest BCUT2D eigenvalue weighted by Gasteiger charge is 2.24. The average Bonchev–Trinajstić information content (AvgIpc) is 2.21. The molecular weight excluding hydrogens is 244 g/mol. The van der Waals surface area contributed by atoms with Gasteiger partial charge in [-0.3, -0.25) is 14.4 Å².